The van der Waals surface area contributed by atoms with Gasteiger partial charge in [-0.15, -0.1) is 0 Å². The molecule has 1 saturated heterocycles. The van der Waals surface area contributed by atoms with Gasteiger partial charge in [-0.05, 0) is 19.0 Å². The molecule has 6 heteroatoms. The lowest BCUT2D eigenvalue weighted by Crippen LogP contribution is -2.45. The van der Waals surface area contributed by atoms with Crippen LogP contribution in [0.4, 0.5) is 4.79 Å². The van der Waals surface area contributed by atoms with Gasteiger partial charge in [-0.2, -0.15) is 0 Å². The molecule has 3 N–H and O–H groups in total. The molecular formula is C13H17N3O3. The van der Waals surface area contributed by atoms with Crippen molar-refractivity contribution in [3.63, 3.8) is 0 Å². The second kappa shape index (κ2) is 4.89. The maximum absolute atomic E-state index is 12.4. The number of hydrogen-bond acceptors (Lipinski definition) is 4. The number of carbonyl (C=O) groups is 2. The Balaban J connectivity index is 2.57. The monoisotopic (exact) mass is 263 g/mol. The minimum absolute atomic E-state index is 0.276. The molecule has 0 aliphatic carbocycles. The number of imide groups is 1. The van der Waals surface area contributed by atoms with Crippen molar-refractivity contribution in [3.8, 4) is 5.75 Å². The Bertz CT molecular complexity index is 518. The topological polar surface area (TPSA) is 84.7 Å². The molecule has 1 aromatic carbocycles. The number of nitrogens with one attached hydrogen (secondary N) is 1. The third-order valence-electron chi connectivity index (χ3n) is 3.38. The zero-order chi connectivity index (χ0) is 14.0. The van der Waals surface area contributed by atoms with Gasteiger partial charge < -0.3 is 15.8 Å². The Hall–Kier alpha value is -2.08. The van der Waals surface area contributed by atoms with E-state index in [-0.39, 0.29) is 12.5 Å². The van der Waals surface area contributed by atoms with E-state index < -0.39 is 11.6 Å². The van der Waals surface area contributed by atoms with Crippen LogP contribution in [0.25, 0.3) is 0 Å². The number of amides is 3. The first kappa shape index (κ1) is 13.4. The summed E-state index contributed by atoms with van der Waals surface area (Å²) in [7, 11) is 2.98. The van der Waals surface area contributed by atoms with Crippen LogP contribution < -0.4 is 15.8 Å². The summed E-state index contributed by atoms with van der Waals surface area (Å²) >= 11 is 0. The molecule has 0 saturated carbocycles. The average Bonchev–Trinajstić information content (AvgIpc) is 2.64. The number of nitrogens with zero attached hydrogens (tertiary/aromatic N) is 1. The van der Waals surface area contributed by atoms with Crippen molar-refractivity contribution in [2.24, 2.45) is 5.73 Å². The summed E-state index contributed by atoms with van der Waals surface area (Å²) in [6.07, 6.45) is 0.322. The average molecular weight is 263 g/mol. The zero-order valence-electron chi connectivity index (χ0n) is 11.0. The predicted molar refractivity (Wildman–Crippen MR) is 69.6 cm³/mol. The van der Waals surface area contributed by atoms with Crippen molar-refractivity contribution in [2.45, 2.75) is 12.0 Å². The van der Waals surface area contributed by atoms with Gasteiger partial charge in [0.2, 0.25) is 0 Å². The molecule has 0 radical (unpaired) electrons. The van der Waals surface area contributed by atoms with Crippen LogP contribution in [0, 0.1) is 0 Å². The number of urea groups is 1. The lowest BCUT2D eigenvalue weighted by molar-refractivity contribution is -0.131. The largest absolute Gasteiger partial charge is 0.496 e. The molecule has 19 heavy (non-hydrogen) atoms. The van der Waals surface area contributed by atoms with Crippen LogP contribution in [0.3, 0.4) is 0 Å². The molecular weight excluding hydrogens is 246 g/mol. The number of methoxy groups -OCH3 is 1. The molecule has 102 valence electrons. The Kier molecular flexibility index (Phi) is 3.44. The number of carbonyl (C=O) groups excluding carboxylic acids is 2. The van der Waals surface area contributed by atoms with Crippen molar-refractivity contribution in [1.29, 1.82) is 0 Å². The second-order valence-corrected chi connectivity index (χ2v) is 4.44. The Morgan fingerprint density at radius 3 is 2.58 bits per heavy atom. The summed E-state index contributed by atoms with van der Waals surface area (Å²) in [4.78, 5) is 25.3. The van der Waals surface area contributed by atoms with E-state index >= 15 is 0 Å². The molecule has 1 heterocycles. The number of hydrogen-bond donors (Lipinski definition) is 2. The van der Waals surface area contributed by atoms with Crippen LogP contribution in [0.5, 0.6) is 5.75 Å². The van der Waals surface area contributed by atoms with Gasteiger partial charge in [-0.25, -0.2) is 4.79 Å². The molecule has 0 spiro atoms. The Labute approximate surface area is 111 Å². The van der Waals surface area contributed by atoms with E-state index in [2.05, 4.69) is 5.32 Å². The van der Waals surface area contributed by atoms with Crippen LogP contribution in [-0.4, -0.2) is 37.5 Å². The minimum atomic E-state index is -1.13. The van der Waals surface area contributed by atoms with E-state index in [0.717, 1.165) is 4.90 Å². The fourth-order valence-corrected chi connectivity index (χ4v) is 2.40. The number of likely N-dealkylation sites (N-methyl/N-ethyl adjacent to an activating group) is 1. The third kappa shape index (κ3) is 1.94. The van der Waals surface area contributed by atoms with Gasteiger partial charge in [0.1, 0.15) is 5.75 Å². The molecule has 6 nitrogen and oxygen atoms in total. The van der Waals surface area contributed by atoms with Crippen LogP contribution >= 0.6 is 0 Å². The smallest absolute Gasteiger partial charge is 0.325 e. The van der Waals surface area contributed by atoms with Gasteiger partial charge in [0.05, 0.1) is 7.11 Å². The van der Waals surface area contributed by atoms with Crippen molar-refractivity contribution in [1.82, 2.24) is 10.2 Å². The SMILES string of the molecule is COc1ccccc1C1(CCN)NC(=O)N(C)C1=O. The van der Waals surface area contributed by atoms with Crippen molar-refractivity contribution in [2.75, 3.05) is 20.7 Å². The summed E-state index contributed by atoms with van der Waals surface area (Å²) < 4.78 is 5.29. The summed E-state index contributed by atoms with van der Waals surface area (Å²) in [6, 6.07) is 6.71. The van der Waals surface area contributed by atoms with Crippen LogP contribution in [0.1, 0.15) is 12.0 Å². The van der Waals surface area contributed by atoms with Gasteiger partial charge in [-0.1, -0.05) is 18.2 Å². The van der Waals surface area contributed by atoms with Gasteiger partial charge in [0.25, 0.3) is 5.91 Å². The standard InChI is InChI=1S/C13H17N3O3/c1-16-11(17)13(7-8-14,15-12(16)18)9-5-3-4-6-10(9)19-2/h3-6H,7-8,14H2,1-2H3,(H,15,18). The summed E-state index contributed by atoms with van der Waals surface area (Å²) in [5.74, 6) is 0.243. The van der Waals surface area contributed by atoms with E-state index in [9.17, 15) is 9.59 Å². The molecule has 2 rings (SSSR count). The highest BCUT2D eigenvalue weighted by molar-refractivity contribution is 6.07. The van der Waals surface area contributed by atoms with E-state index in [4.69, 9.17) is 10.5 Å². The highest BCUT2D eigenvalue weighted by Crippen LogP contribution is 2.36. The van der Waals surface area contributed by atoms with Crippen LogP contribution in [-0.2, 0) is 10.3 Å². The van der Waals surface area contributed by atoms with Crippen LogP contribution in [0.15, 0.2) is 24.3 Å². The molecule has 3 amide bonds. The first-order chi connectivity index (χ1) is 9.06. The summed E-state index contributed by atoms with van der Waals surface area (Å²) in [5, 5.41) is 2.74. The van der Waals surface area contributed by atoms with Gasteiger partial charge in [-0.3, -0.25) is 9.69 Å². The van der Waals surface area contributed by atoms with Gasteiger partial charge in [0, 0.05) is 12.6 Å². The molecule has 0 aromatic heterocycles. The molecule has 0 bridgehead atoms. The Morgan fingerprint density at radius 2 is 2.05 bits per heavy atom. The molecule has 1 aromatic rings. The molecule has 1 fully saturated rings. The first-order valence-electron chi connectivity index (χ1n) is 6.00. The van der Waals surface area contributed by atoms with E-state index in [0.29, 0.717) is 17.7 Å². The highest BCUT2D eigenvalue weighted by Gasteiger charge is 2.51. The fraction of sp³-hybridized carbons (Fsp3) is 0.385. The van der Waals surface area contributed by atoms with Crippen LogP contribution in [0.2, 0.25) is 0 Å². The summed E-state index contributed by atoms with van der Waals surface area (Å²) in [5.41, 5.74) is 5.11. The minimum Gasteiger partial charge on any atom is -0.496 e. The number of benzene rings is 1. The maximum Gasteiger partial charge on any atom is 0.325 e. The molecule has 1 aliphatic rings. The first-order valence-corrected chi connectivity index (χ1v) is 6.00. The molecule has 1 aliphatic heterocycles. The fourth-order valence-electron chi connectivity index (χ4n) is 2.40. The Morgan fingerprint density at radius 1 is 1.37 bits per heavy atom. The van der Waals surface area contributed by atoms with Crippen molar-refractivity contribution in [3.05, 3.63) is 29.8 Å². The maximum atomic E-state index is 12.4. The van der Waals surface area contributed by atoms with Gasteiger partial charge in [0.15, 0.2) is 5.54 Å². The normalized spacial score (nSPS) is 22.6. The van der Waals surface area contributed by atoms with E-state index in [1.807, 2.05) is 6.07 Å². The second-order valence-electron chi connectivity index (χ2n) is 4.44. The summed E-state index contributed by atoms with van der Waals surface area (Å²) in [6.45, 7) is 0.276. The highest BCUT2D eigenvalue weighted by atomic mass is 16.5. The number of para-hydroxylation sites is 1. The van der Waals surface area contributed by atoms with E-state index in [1.165, 1.54) is 14.2 Å². The lowest BCUT2D eigenvalue weighted by atomic mass is 9.85. The predicted octanol–water partition coefficient (Wildman–Crippen LogP) is 0.421. The molecule has 1 atom stereocenters. The zero-order valence-corrected chi connectivity index (χ0v) is 11.0. The van der Waals surface area contributed by atoms with Gasteiger partial charge >= 0.3 is 6.03 Å². The number of nitrogens with two attached hydrogens (primary N) is 1. The number of ether oxygens (including phenoxy) is 1. The van der Waals surface area contributed by atoms with Crippen molar-refractivity contribution >= 4 is 11.9 Å². The van der Waals surface area contributed by atoms with E-state index in [1.54, 1.807) is 18.2 Å². The number of rotatable bonds is 4. The lowest BCUT2D eigenvalue weighted by Gasteiger charge is -2.28. The third-order valence-corrected chi connectivity index (χ3v) is 3.38. The molecule has 1 unspecified atom stereocenters. The van der Waals surface area contributed by atoms with Crippen molar-refractivity contribution < 1.29 is 14.3 Å². The quantitative estimate of drug-likeness (QED) is 0.771.